The van der Waals surface area contributed by atoms with Crippen LogP contribution in [-0.2, 0) is 22.0 Å². The summed E-state index contributed by atoms with van der Waals surface area (Å²) in [5.41, 5.74) is -0.501. The second-order valence-corrected chi connectivity index (χ2v) is 8.95. The summed E-state index contributed by atoms with van der Waals surface area (Å²) >= 11 is 3.32. The largest absolute Gasteiger partial charge is 0.472 e. The molecule has 146 valence electrons. The Balaban J connectivity index is 1.63. The van der Waals surface area contributed by atoms with E-state index in [0.29, 0.717) is 22.3 Å². The molecule has 1 atom stereocenters. The number of halogens is 4. The van der Waals surface area contributed by atoms with Crippen molar-refractivity contribution in [1.29, 1.82) is 0 Å². The second kappa shape index (κ2) is 7.76. The maximum absolute atomic E-state index is 12.6. The monoisotopic (exact) mass is 464 g/mol. The van der Waals surface area contributed by atoms with E-state index in [2.05, 4.69) is 20.9 Å². The molecule has 0 amide bonds. The minimum absolute atomic E-state index is 0.173. The lowest BCUT2D eigenvalue weighted by Gasteiger charge is -2.17. The number of alkyl halides is 3. The first kappa shape index (κ1) is 20.1. The van der Waals surface area contributed by atoms with Crippen molar-refractivity contribution < 1.29 is 26.3 Å². The Labute approximate surface area is 163 Å². The molecule has 0 aliphatic carbocycles. The number of benzene rings is 1. The highest BCUT2D eigenvalue weighted by molar-refractivity contribution is 9.10. The molecule has 0 N–H and O–H groups in total. The third kappa shape index (κ3) is 4.99. The lowest BCUT2D eigenvalue weighted by atomic mass is 10.1. The Bertz CT molecular complexity index is 904. The zero-order chi connectivity index (χ0) is 19.7. The van der Waals surface area contributed by atoms with Crippen LogP contribution in [0.2, 0.25) is 0 Å². The minimum Gasteiger partial charge on any atom is -0.472 e. The smallest absolute Gasteiger partial charge is 0.416 e. The van der Waals surface area contributed by atoms with Gasteiger partial charge in [-0.05, 0) is 52.2 Å². The van der Waals surface area contributed by atoms with Crippen LogP contribution in [0.3, 0.4) is 0 Å². The molecule has 2 aromatic rings. The lowest BCUT2D eigenvalue weighted by molar-refractivity contribution is -0.137. The average molecular weight is 465 g/mol. The maximum Gasteiger partial charge on any atom is 0.416 e. The zero-order valence-electron chi connectivity index (χ0n) is 14.0. The summed E-state index contributed by atoms with van der Waals surface area (Å²) in [6, 6.07) is 7.67. The second-order valence-electron chi connectivity index (χ2n) is 6.13. The molecule has 27 heavy (non-hydrogen) atoms. The topological polar surface area (TPSA) is 59.5 Å². The highest BCUT2D eigenvalue weighted by Crippen LogP contribution is 2.30. The van der Waals surface area contributed by atoms with E-state index in [0.717, 1.165) is 12.1 Å². The highest BCUT2D eigenvalue weighted by Gasteiger charge is 2.34. The van der Waals surface area contributed by atoms with Gasteiger partial charge in [-0.25, -0.2) is 13.4 Å². The van der Waals surface area contributed by atoms with E-state index in [4.69, 9.17) is 4.74 Å². The van der Waals surface area contributed by atoms with Crippen molar-refractivity contribution in [2.75, 3.05) is 13.1 Å². The quantitative estimate of drug-likeness (QED) is 0.674. The first-order valence-electron chi connectivity index (χ1n) is 8.06. The van der Waals surface area contributed by atoms with Gasteiger partial charge < -0.3 is 4.74 Å². The Morgan fingerprint density at radius 3 is 2.56 bits per heavy atom. The Morgan fingerprint density at radius 2 is 1.93 bits per heavy atom. The normalized spacial score (nSPS) is 18.6. The van der Waals surface area contributed by atoms with E-state index in [-0.39, 0.29) is 24.9 Å². The molecule has 0 saturated carbocycles. The molecular formula is C17H16BrF3N2O3S. The van der Waals surface area contributed by atoms with E-state index in [9.17, 15) is 21.6 Å². The van der Waals surface area contributed by atoms with Gasteiger partial charge in [-0.2, -0.15) is 17.5 Å². The van der Waals surface area contributed by atoms with Crippen LogP contribution in [0.5, 0.6) is 5.88 Å². The van der Waals surface area contributed by atoms with Gasteiger partial charge in [-0.15, -0.1) is 0 Å². The average Bonchev–Trinajstić information content (AvgIpc) is 3.06. The first-order valence-corrected chi connectivity index (χ1v) is 10.5. The number of rotatable bonds is 5. The summed E-state index contributed by atoms with van der Waals surface area (Å²) in [6.45, 7) is 0.462. The van der Waals surface area contributed by atoms with Crippen molar-refractivity contribution in [1.82, 2.24) is 9.29 Å². The van der Waals surface area contributed by atoms with E-state index in [1.165, 1.54) is 16.4 Å². The number of aromatic nitrogens is 1. The molecule has 1 aliphatic rings. The fourth-order valence-electron chi connectivity index (χ4n) is 2.75. The van der Waals surface area contributed by atoms with Gasteiger partial charge in [0, 0.05) is 12.7 Å². The maximum atomic E-state index is 12.6. The Hall–Kier alpha value is -1.65. The van der Waals surface area contributed by atoms with Crippen molar-refractivity contribution in [2.24, 2.45) is 0 Å². The third-order valence-electron chi connectivity index (χ3n) is 4.13. The van der Waals surface area contributed by atoms with Crippen LogP contribution in [0.25, 0.3) is 0 Å². The number of nitrogens with zero attached hydrogens (tertiary/aromatic N) is 2. The Morgan fingerprint density at radius 1 is 1.22 bits per heavy atom. The van der Waals surface area contributed by atoms with Crippen LogP contribution in [-0.4, -0.2) is 36.9 Å². The predicted molar refractivity (Wildman–Crippen MR) is 96.6 cm³/mol. The number of sulfonamides is 1. The number of hydrogen-bond acceptors (Lipinski definition) is 4. The number of pyridine rings is 1. The molecule has 0 bridgehead atoms. The standard InChI is InChI=1S/C17H16BrF3N2O3S/c18-15-2-1-8-22-16(15)26-14-7-9-23(10-14)27(24,25)11-12-3-5-13(6-4-12)17(19,20)21/h1-6,8,14H,7,9-11H2. The SMILES string of the molecule is O=S(=O)(Cc1ccc(C(F)(F)F)cc1)N1CCC(Oc2ncccc2Br)C1. The van der Waals surface area contributed by atoms with Crippen molar-refractivity contribution in [3.63, 3.8) is 0 Å². The molecule has 0 radical (unpaired) electrons. The van der Waals surface area contributed by atoms with Crippen LogP contribution >= 0.6 is 15.9 Å². The van der Waals surface area contributed by atoms with E-state index >= 15 is 0 Å². The molecule has 10 heteroatoms. The van der Waals surface area contributed by atoms with Gasteiger partial charge in [-0.1, -0.05) is 12.1 Å². The molecule has 0 spiro atoms. The molecule has 1 aromatic carbocycles. The summed E-state index contributed by atoms with van der Waals surface area (Å²) in [5.74, 6) is 0.0370. The van der Waals surface area contributed by atoms with Gasteiger partial charge in [-0.3, -0.25) is 0 Å². The third-order valence-corrected chi connectivity index (χ3v) is 6.55. The summed E-state index contributed by atoms with van der Waals surface area (Å²) in [7, 11) is -3.66. The van der Waals surface area contributed by atoms with Crippen molar-refractivity contribution in [3.8, 4) is 5.88 Å². The molecule has 1 aliphatic heterocycles. The van der Waals surface area contributed by atoms with Crippen LogP contribution in [0, 0.1) is 0 Å². The molecular weight excluding hydrogens is 449 g/mol. The van der Waals surface area contributed by atoms with Gasteiger partial charge in [0.25, 0.3) is 0 Å². The van der Waals surface area contributed by atoms with E-state index < -0.39 is 21.8 Å². The van der Waals surface area contributed by atoms with Gasteiger partial charge in [0.15, 0.2) is 0 Å². The number of ether oxygens (including phenoxy) is 1. The van der Waals surface area contributed by atoms with E-state index in [1.54, 1.807) is 18.3 Å². The highest BCUT2D eigenvalue weighted by atomic mass is 79.9. The summed E-state index contributed by atoms with van der Waals surface area (Å²) in [6.07, 6.45) is -2.70. The molecule has 1 unspecified atom stereocenters. The molecule has 1 fully saturated rings. The fourth-order valence-corrected chi connectivity index (χ4v) is 4.68. The molecule has 1 saturated heterocycles. The van der Waals surface area contributed by atoms with Gasteiger partial charge >= 0.3 is 6.18 Å². The van der Waals surface area contributed by atoms with Crippen molar-refractivity contribution in [3.05, 3.63) is 58.2 Å². The Kier molecular flexibility index (Phi) is 5.78. The predicted octanol–water partition coefficient (Wildman–Crippen LogP) is 3.85. The van der Waals surface area contributed by atoms with E-state index in [1.807, 2.05) is 0 Å². The fraction of sp³-hybridized carbons (Fsp3) is 0.353. The molecule has 5 nitrogen and oxygen atoms in total. The summed E-state index contributed by atoms with van der Waals surface area (Å²) in [5, 5.41) is 0. The number of hydrogen-bond donors (Lipinski definition) is 0. The van der Waals surface area contributed by atoms with Crippen LogP contribution in [0.1, 0.15) is 17.5 Å². The molecule has 3 rings (SSSR count). The lowest BCUT2D eigenvalue weighted by Crippen LogP contribution is -2.32. The van der Waals surface area contributed by atoms with Gasteiger partial charge in [0.05, 0.1) is 22.3 Å². The van der Waals surface area contributed by atoms with Crippen LogP contribution < -0.4 is 4.74 Å². The summed E-state index contributed by atoms with van der Waals surface area (Å²) < 4.78 is 70.7. The zero-order valence-corrected chi connectivity index (χ0v) is 16.4. The summed E-state index contributed by atoms with van der Waals surface area (Å²) in [4.78, 5) is 4.10. The van der Waals surface area contributed by atoms with Gasteiger partial charge in [0.1, 0.15) is 6.10 Å². The first-order chi connectivity index (χ1) is 12.6. The van der Waals surface area contributed by atoms with Crippen molar-refractivity contribution in [2.45, 2.75) is 24.5 Å². The van der Waals surface area contributed by atoms with Crippen molar-refractivity contribution >= 4 is 26.0 Å². The van der Waals surface area contributed by atoms with Crippen LogP contribution in [0.15, 0.2) is 47.1 Å². The molecule has 1 aromatic heterocycles. The van der Waals surface area contributed by atoms with Crippen LogP contribution in [0.4, 0.5) is 13.2 Å². The minimum atomic E-state index is -4.45. The van der Waals surface area contributed by atoms with Gasteiger partial charge in [0.2, 0.25) is 15.9 Å². The molecule has 2 heterocycles.